The second-order valence-electron chi connectivity index (χ2n) is 6.30. The number of ether oxygens (including phenoxy) is 2. The molecule has 156 valence electrons. The molecular weight excluding hydrogens is 445 g/mol. The fraction of sp³-hybridized carbons (Fsp3) is 0.143. The van der Waals surface area contributed by atoms with Gasteiger partial charge in [-0.25, -0.2) is 4.98 Å². The van der Waals surface area contributed by atoms with Crippen molar-refractivity contribution in [2.24, 2.45) is 0 Å². The van der Waals surface area contributed by atoms with Crippen LogP contribution in [0.25, 0.3) is 16.2 Å². The molecule has 0 atom stereocenters. The van der Waals surface area contributed by atoms with E-state index < -0.39 is 0 Å². The molecule has 4 rings (SSSR count). The minimum Gasteiger partial charge on any atom is -0.497 e. The lowest BCUT2D eigenvalue weighted by Crippen LogP contribution is -2.15. The lowest BCUT2D eigenvalue weighted by atomic mass is 10.2. The van der Waals surface area contributed by atoms with E-state index >= 15 is 0 Å². The van der Waals surface area contributed by atoms with Crippen molar-refractivity contribution >= 4 is 51.9 Å². The Bertz CT molecular complexity index is 1170. The Hall–Kier alpha value is -2.74. The largest absolute Gasteiger partial charge is 0.497 e. The van der Waals surface area contributed by atoms with Crippen LogP contribution >= 0.6 is 35.3 Å². The van der Waals surface area contributed by atoms with Gasteiger partial charge in [-0.2, -0.15) is 0 Å². The van der Waals surface area contributed by atoms with Gasteiger partial charge in [0.1, 0.15) is 11.5 Å². The van der Waals surface area contributed by atoms with Gasteiger partial charge in [0, 0.05) is 27.9 Å². The van der Waals surface area contributed by atoms with E-state index in [4.69, 9.17) is 21.1 Å². The van der Waals surface area contributed by atoms with Crippen LogP contribution in [0.1, 0.15) is 5.69 Å². The third kappa shape index (κ3) is 4.53. The maximum absolute atomic E-state index is 12.6. The highest BCUT2D eigenvalue weighted by Crippen LogP contribution is 2.29. The molecule has 2 aromatic carbocycles. The van der Waals surface area contributed by atoms with Crippen molar-refractivity contribution in [3.8, 4) is 22.8 Å². The van der Waals surface area contributed by atoms with E-state index in [1.807, 2.05) is 40.2 Å². The molecule has 0 fully saturated rings. The van der Waals surface area contributed by atoms with Crippen LogP contribution in [-0.4, -0.2) is 29.5 Å². The lowest BCUT2D eigenvalue weighted by Gasteiger charge is -2.10. The summed E-state index contributed by atoms with van der Waals surface area (Å²) in [6, 6.07) is 12.8. The second-order valence-corrected chi connectivity index (χ2v) is 7.58. The molecule has 0 aliphatic carbocycles. The normalized spacial score (nSPS) is 10.5. The molecule has 0 saturated carbocycles. The van der Waals surface area contributed by atoms with Crippen LogP contribution in [-0.2, 0) is 11.2 Å². The molecule has 0 unspecified atom stereocenters. The van der Waals surface area contributed by atoms with E-state index in [2.05, 4.69) is 10.3 Å². The fourth-order valence-electron chi connectivity index (χ4n) is 2.99. The van der Waals surface area contributed by atoms with Gasteiger partial charge in [-0.1, -0.05) is 11.6 Å². The molecule has 0 saturated heterocycles. The first-order valence-corrected chi connectivity index (χ1v) is 10.1. The zero-order valence-corrected chi connectivity index (χ0v) is 18.6. The topological polar surface area (TPSA) is 64.9 Å². The van der Waals surface area contributed by atoms with Crippen LogP contribution in [0.5, 0.6) is 11.5 Å². The maximum atomic E-state index is 12.6. The number of imidazole rings is 1. The van der Waals surface area contributed by atoms with Gasteiger partial charge in [0.05, 0.1) is 32.0 Å². The summed E-state index contributed by atoms with van der Waals surface area (Å²) in [7, 11) is 3.19. The molecule has 0 aliphatic heterocycles. The molecule has 1 N–H and O–H groups in total. The number of rotatable bonds is 6. The molecule has 4 aromatic rings. The van der Waals surface area contributed by atoms with Gasteiger partial charge >= 0.3 is 0 Å². The minimum absolute atomic E-state index is 0. The summed E-state index contributed by atoms with van der Waals surface area (Å²) in [4.78, 5) is 18.1. The van der Waals surface area contributed by atoms with E-state index in [1.165, 1.54) is 11.3 Å². The van der Waals surface area contributed by atoms with Crippen molar-refractivity contribution in [2.45, 2.75) is 6.42 Å². The Morgan fingerprint density at radius 1 is 1.17 bits per heavy atom. The Labute approximate surface area is 188 Å². The average molecular weight is 464 g/mol. The highest BCUT2D eigenvalue weighted by atomic mass is 35.5. The van der Waals surface area contributed by atoms with Gasteiger partial charge < -0.3 is 14.8 Å². The van der Waals surface area contributed by atoms with Crippen molar-refractivity contribution < 1.29 is 14.3 Å². The third-order valence-electron chi connectivity index (χ3n) is 4.45. The van der Waals surface area contributed by atoms with Gasteiger partial charge in [0.15, 0.2) is 4.96 Å². The van der Waals surface area contributed by atoms with E-state index in [0.717, 1.165) is 27.7 Å². The summed E-state index contributed by atoms with van der Waals surface area (Å²) in [6.45, 7) is 0. The van der Waals surface area contributed by atoms with Crippen molar-refractivity contribution in [1.29, 1.82) is 0 Å². The second kappa shape index (κ2) is 9.38. The quantitative estimate of drug-likeness (QED) is 0.419. The molecule has 0 spiro atoms. The Morgan fingerprint density at radius 2 is 1.93 bits per heavy atom. The first-order chi connectivity index (χ1) is 14.1. The van der Waals surface area contributed by atoms with E-state index in [1.54, 1.807) is 32.4 Å². The molecule has 2 aromatic heterocycles. The van der Waals surface area contributed by atoms with E-state index in [9.17, 15) is 4.79 Å². The van der Waals surface area contributed by atoms with Gasteiger partial charge in [-0.05, 0) is 42.5 Å². The molecule has 6 nitrogen and oxygen atoms in total. The number of anilines is 1. The number of carbonyl (C=O) groups excluding carboxylic acids is 1. The number of thiazole rings is 1. The number of carbonyl (C=O) groups is 1. The number of hydrogen-bond acceptors (Lipinski definition) is 5. The van der Waals surface area contributed by atoms with Gasteiger partial charge in [0.2, 0.25) is 5.91 Å². The van der Waals surface area contributed by atoms with Crippen molar-refractivity contribution in [3.05, 3.63) is 64.8 Å². The van der Waals surface area contributed by atoms with Crippen molar-refractivity contribution in [3.63, 3.8) is 0 Å². The monoisotopic (exact) mass is 463 g/mol. The van der Waals surface area contributed by atoms with Crippen molar-refractivity contribution in [1.82, 2.24) is 9.38 Å². The van der Waals surface area contributed by atoms with Crippen LogP contribution in [0.15, 0.2) is 54.0 Å². The predicted octanol–water partition coefficient (Wildman–Crippen LogP) is 5.34. The zero-order chi connectivity index (χ0) is 20.4. The number of nitrogens with one attached hydrogen (secondary N) is 1. The molecule has 30 heavy (non-hydrogen) atoms. The SMILES string of the molecule is COc1ccc(-c2cn3c(CC(=O)Nc4cc(Cl)ccc4OC)csc3n2)cc1.Cl. The van der Waals surface area contributed by atoms with Crippen LogP contribution < -0.4 is 14.8 Å². The Kier molecular flexibility index (Phi) is 6.87. The van der Waals surface area contributed by atoms with Crippen LogP contribution in [0, 0.1) is 0 Å². The molecule has 0 bridgehead atoms. The number of fused-ring (bicyclic) bond motifs is 1. The van der Waals surface area contributed by atoms with Gasteiger partial charge in [-0.3, -0.25) is 9.20 Å². The maximum Gasteiger partial charge on any atom is 0.230 e. The van der Waals surface area contributed by atoms with Crippen molar-refractivity contribution in [2.75, 3.05) is 19.5 Å². The van der Waals surface area contributed by atoms with Crippen LogP contribution in [0.4, 0.5) is 5.69 Å². The zero-order valence-electron chi connectivity index (χ0n) is 16.2. The summed E-state index contributed by atoms with van der Waals surface area (Å²) < 4.78 is 12.4. The molecule has 0 radical (unpaired) electrons. The summed E-state index contributed by atoms with van der Waals surface area (Å²) in [6.07, 6.45) is 2.14. The number of halogens is 2. The van der Waals surface area contributed by atoms with E-state index in [-0.39, 0.29) is 24.7 Å². The molecular formula is C21H19Cl2N3O3S. The minimum atomic E-state index is -0.162. The molecule has 1 amide bonds. The molecule has 2 heterocycles. The highest BCUT2D eigenvalue weighted by molar-refractivity contribution is 7.15. The number of aromatic nitrogens is 2. The number of methoxy groups -OCH3 is 2. The summed E-state index contributed by atoms with van der Waals surface area (Å²) in [5.74, 6) is 1.19. The first kappa shape index (κ1) is 22.0. The molecule has 9 heteroatoms. The highest BCUT2D eigenvalue weighted by Gasteiger charge is 2.14. The summed E-state index contributed by atoms with van der Waals surface area (Å²) in [5, 5.41) is 5.33. The number of hydrogen-bond donors (Lipinski definition) is 1. The number of amides is 1. The van der Waals surface area contributed by atoms with Gasteiger partial charge in [0.25, 0.3) is 0 Å². The van der Waals surface area contributed by atoms with Gasteiger partial charge in [-0.15, -0.1) is 23.7 Å². The first-order valence-electron chi connectivity index (χ1n) is 8.80. The standard InChI is InChI=1S/C21H18ClN3O3S.ClH/c1-27-16-6-3-13(4-7-16)18-11-25-15(12-29-21(25)24-18)10-20(26)23-17-9-14(22)5-8-19(17)28-2;/h3-9,11-12H,10H2,1-2H3,(H,23,26);1H. The predicted molar refractivity (Wildman–Crippen MR) is 123 cm³/mol. The number of benzene rings is 2. The fourth-order valence-corrected chi connectivity index (χ4v) is 4.04. The lowest BCUT2D eigenvalue weighted by molar-refractivity contribution is -0.115. The average Bonchev–Trinajstić information content (AvgIpc) is 3.30. The summed E-state index contributed by atoms with van der Waals surface area (Å²) in [5.41, 5.74) is 3.23. The van der Waals surface area contributed by atoms with E-state index in [0.29, 0.717) is 16.5 Å². The molecule has 0 aliphatic rings. The number of nitrogens with zero attached hydrogens (tertiary/aromatic N) is 2. The third-order valence-corrected chi connectivity index (χ3v) is 5.57. The Balaban J connectivity index is 0.00000256. The van der Waals surface area contributed by atoms with Crippen LogP contribution in [0.2, 0.25) is 5.02 Å². The smallest absolute Gasteiger partial charge is 0.230 e. The summed E-state index contributed by atoms with van der Waals surface area (Å²) >= 11 is 7.53. The Morgan fingerprint density at radius 3 is 2.63 bits per heavy atom. The van der Waals surface area contributed by atoms with Crippen LogP contribution in [0.3, 0.4) is 0 Å².